The molecule has 0 aromatic heterocycles. The van der Waals surface area contributed by atoms with Crippen LogP contribution in [0.1, 0.15) is 163 Å². The minimum Gasteiger partial charge on any atom is -0.463 e. The molecule has 0 N–H and O–H groups in total. The van der Waals surface area contributed by atoms with E-state index >= 15 is 0 Å². The third kappa shape index (κ3) is 12.8. The van der Waals surface area contributed by atoms with Crippen LogP contribution in [0.15, 0.2) is 0 Å². The first kappa shape index (κ1) is 34.8. The number of carbonyl (C=O) groups is 1. The molecule has 240 valence electrons. The number of hydrogen-bond acceptors (Lipinski definition) is 7. The second-order valence-corrected chi connectivity index (χ2v) is 13.5. The summed E-state index contributed by atoms with van der Waals surface area (Å²) in [6, 6.07) is 0. The summed E-state index contributed by atoms with van der Waals surface area (Å²) >= 11 is 0. The van der Waals surface area contributed by atoms with Crippen LogP contribution in [-0.4, -0.2) is 54.9 Å². The summed E-state index contributed by atoms with van der Waals surface area (Å²) in [7, 11) is 0. The SMILES string of the molecule is CCCCCCCCCCCCCCCCCCCCCC(=O)OCC1OC2OC(C)(C)OC2C2OC(C)(C)OC12. The summed E-state index contributed by atoms with van der Waals surface area (Å²) in [5.41, 5.74) is 0. The lowest BCUT2D eigenvalue weighted by Gasteiger charge is -2.36. The molecule has 3 aliphatic heterocycles. The van der Waals surface area contributed by atoms with Gasteiger partial charge in [-0.25, -0.2) is 0 Å². The van der Waals surface area contributed by atoms with Crippen molar-refractivity contribution in [3.63, 3.8) is 0 Å². The van der Waals surface area contributed by atoms with Crippen molar-refractivity contribution in [3.05, 3.63) is 0 Å². The van der Waals surface area contributed by atoms with Crippen molar-refractivity contribution in [2.75, 3.05) is 6.61 Å². The number of rotatable bonds is 22. The van der Waals surface area contributed by atoms with E-state index in [9.17, 15) is 4.79 Å². The Kier molecular flexibility index (Phi) is 15.4. The zero-order chi connectivity index (χ0) is 29.6. The molecular formula is C34H62O7. The molecule has 3 aliphatic rings. The van der Waals surface area contributed by atoms with Crippen molar-refractivity contribution >= 4 is 5.97 Å². The first-order valence-corrected chi connectivity index (χ1v) is 17.2. The highest BCUT2D eigenvalue weighted by molar-refractivity contribution is 5.69. The number of ether oxygens (including phenoxy) is 6. The maximum absolute atomic E-state index is 12.4. The summed E-state index contributed by atoms with van der Waals surface area (Å²) in [4.78, 5) is 12.4. The fourth-order valence-corrected chi connectivity index (χ4v) is 6.42. The van der Waals surface area contributed by atoms with E-state index in [1.165, 1.54) is 109 Å². The molecule has 0 saturated carbocycles. The number of fused-ring (bicyclic) bond motifs is 3. The van der Waals surface area contributed by atoms with Crippen LogP contribution in [0, 0.1) is 0 Å². The molecule has 3 fully saturated rings. The van der Waals surface area contributed by atoms with Gasteiger partial charge in [0.05, 0.1) is 0 Å². The lowest BCUT2D eigenvalue weighted by atomic mass is 9.99. The van der Waals surface area contributed by atoms with Gasteiger partial charge in [-0.05, 0) is 34.1 Å². The normalized spacial score (nSPS) is 28.0. The molecule has 0 spiro atoms. The van der Waals surface area contributed by atoms with Crippen LogP contribution in [0.3, 0.4) is 0 Å². The fourth-order valence-electron chi connectivity index (χ4n) is 6.42. The summed E-state index contributed by atoms with van der Waals surface area (Å²) < 4.78 is 35.9. The van der Waals surface area contributed by atoms with E-state index in [1.807, 2.05) is 27.7 Å². The predicted octanol–water partition coefficient (Wildman–Crippen LogP) is 8.75. The minimum atomic E-state index is -0.756. The Balaban J connectivity index is 1.12. The number of hydrogen-bond donors (Lipinski definition) is 0. The Morgan fingerprint density at radius 1 is 0.561 bits per heavy atom. The highest BCUT2D eigenvalue weighted by atomic mass is 16.9. The van der Waals surface area contributed by atoms with Gasteiger partial charge in [0.25, 0.3) is 0 Å². The van der Waals surface area contributed by atoms with Gasteiger partial charge < -0.3 is 28.4 Å². The average molecular weight is 583 g/mol. The second-order valence-electron chi connectivity index (χ2n) is 13.5. The monoisotopic (exact) mass is 582 g/mol. The summed E-state index contributed by atoms with van der Waals surface area (Å²) in [5, 5.41) is 0. The Bertz CT molecular complexity index is 724. The largest absolute Gasteiger partial charge is 0.463 e. The van der Waals surface area contributed by atoms with Crippen LogP contribution in [0.5, 0.6) is 0 Å². The summed E-state index contributed by atoms with van der Waals surface area (Å²) in [6.07, 6.45) is 23.8. The van der Waals surface area contributed by atoms with Crippen molar-refractivity contribution in [2.24, 2.45) is 0 Å². The van der Waals surface area contributed by atoms with Gasteiger partial charge in [0.1, 0.15) is 31.0 Å². The molecule has 0 aliphatic carbocycles. The van der Waals surface area contributed by atoms with Crippen LogP contribution in [-0.2, 0) is 33.2 Å². The lowest BCUT2D eigenvalue weighted by Crippen LogP contribution is -2.56. The highest BCUT2D eigenvalue weighted by Crippen LogP contribution is 2.44. The Labute approximate surface area is 251 Å². The molecule has 5 atom stereocenters. The lowest BCUT2D eigenvalue weighted by molar-refractivity contribution is -0.242. The van der Waals surface area contributed by atoms with Crippen molar-refractivity contribution in [1.29, 1.82) is 0 Å². The highest BCUT2D eigenvalue weighted by Gasteiger charge is 2.60. The standard InChI is InChI=1S/C34H62O7/c1-6-7-8-9-10-11-12-13-14-15-16-17-18-19-20-21-22-23-24-25-28(35)36-26-27-29-30(39-33(2,3)38-29)31-32(37-27)41-34(4,5)40-31/h27,29-32H,6-26H2,1-5H3. The van der Waals surface area contributed by atoms with Gasteiger partial charge >= 0.3 is 5.97 Å². The maximum Gasteiger partial charge on any atom is 0.305 e. The number of carbonyl (C=O) groups excluding carboxylic acids is 1. The Morgan fingerprint density at radius 3 is 1.49 bits per heavy atom. The molecule has 0 bridgehead atoms. The van der Waals surface area contributed by atoms with E-state index in [1.54, 1.807) is 0 Å². The van der Waals surface area contributed by atoms with Crippen molar-refractivity contribution in [1.82, 2.24) is 0 Å². The van der Waals surface area contributed by atoms with Crippen molar-refractivity contribution in [3.8, 4) is 0 Å². The molecule has 7 nitrogen and oxygen atoms in total. The van der Waals surface area contributed by atoms with E-state index in [0.29, 0.717) is 6.42 Å². The molecular weight excluding hydrogens is 520 g/mol. The van der Waals surface area contributed by atoms with E-state index in [2.05, 4.69) is 6.92 Å². The van der Waals surface area contributed by atoms with Gasteiger partial charge in [-0.3, -0.25) is 4.79 Å². The Hall–Kier alpha value is -0.730. The van der Waals surface area contributed by atoms with Crippen LogP contribution >= 0.6 is 0 Å². The van der Waals surface area contributed by atoms with Gasteiger partial charge in [0.15, 0.2) is 17.9 Å². The molecule has 0 aromatic carbocycles. The molecule has 3 rings (SSSR count). The van der Waals surface area contributed by atoms with Gasteiger partial charge in [-0.15, -0.1) is 0 Å². The number of unbranched alkanes of at least 4 members (excludes halogenated alkanes) is 18. The topological polar surface area (TPSA) is 72.5 Å². The van der Waals surface area contributed by atoms with E-state index in [4.69, 9.17) is 28.4 Å². The molecule has 5 unspecified atom stereocenters. The molecule has 3 heterocycles. The van der Waals surface area contributed by atoms with Crippen LogP contribution in [0.2, 0.25) is 0 Å². The number of esters is 1. The predicted molar refractivity (Wildman–Crippen MR) is 161 cm³/mol. The first-order chi connectivity index (χ1) is 19.7. The maximum atomic E-state index is 12.4. The van der Waals surface area contributed by atoms with Crippen LogP contribution in [0.4, 0.5) is 0 Å². The molecule has 0 radical (unpaired) electrons. The fraction of sp³-hybridized carbons (Fsp3) is 0.971. The summed E-state index contributed by atoms with van der Waals surface area (Å²) in [5.74, 6) is -1.69. The van der Waals surface area contributed by atoms with Gasteiger partial charge in [0.2, 0.25) is 0 Å². The molecule has 41 heavy (non-hydrogen) atoms. The molecule has 0 aromatic rings. The smallest absolute Gasteiger partial charge is 0.305 e. The van der Waals surface area contributed by atoms with Gasteiger partial charge in [-0.1, -0.05) is 122 Å². The van der Waals surface area contributed by atoms with Gasteiger partial charge in [0, 0.05) is 6.42 Å². The third-order valence-corrected chi connectivity index (χ3v) is 8.64. The molecule has 0 amide bonds. The van der Waals surface area contributed by atoms with Crippen LogP contribution < -0.4 is 0 Å². The van der Waals surface area contributed by atoms with Crippen molar-refractivity contribution in [2.45, 2.75) is 205 Å². The summed E-state index contributed by atoms with van der Waals surface area (Å²) in [6.45, 7) is 9.89. The Morgan fingerprint density at radius 2 is 0.976 bits per heavy atom. The van der Waals surface area contributed by atoms with E-state index < -0.39 is 24.0 Å². The average Bonchev–Trinajstić information content (AvgIpc) is 3.42. The third-order valence-electron chi connectivity index (χ3n) is 8.64. The van der Waals surface area contributed by atoms with E-state index in [-0.39, 0.29) is 30.9 Å². The second kappa shape index (κ2) is 18.2. The quantitative estimate of drug-likeness (QED) is 0.0933. The molecule has 7 heteroatoms. The van der Waals surface area contributed by atoms with Crippen molar-refractivity contribution < 1.29 is 33.2 Å². The zero-order valence-electron chi connectivity index (χ0n) is 27.1. The van der Waals surface area contributed by atoms with E-state index in [0.717, 1.165) is 12.8 Å². The molecule has 3 saturated heterocycles. The minimum absolute atomic E-state index is 0.131. The van der Waals surface area contributed by atoms with Crippen LogP contribution in [0.25, 0.3) is 0 Å². The zero-order valence-corrected chi connectivity index (χ0v) is 27.1. The first-order valence-electron chi connectivity index (χ1n) is 17.2. The van der Waals surface area contributed by atoms with Gasteiger partial charge in [-0.2, -0.15) is 0 Å².